The first kappa shape index (κ1) is 19.9. The molecular weight excluding hydrogens is 387 g/mol. The van der Waals surface area contributed by atoms with E-state index in [-0.39, 0.29) is 35.4 Å². The van der Waals surface area contributed by atoms with E-state index >= 15 is 0 Å². The quantitative estimate of drug-likeness (QED) is 0.494. The largest absolute Gasteiger partial charge is 0.462 e. The number of carbonyl (C=O) groups is 1. The van der Waals surface area contributed by atoms with Crippen LogP contribution >= 0.6 is 11.8 Å². The number of imidazole rings is 1. The number of hydrogen-bond donors (Lipinski definition) is 1. The fourth-order valence-electron chi connectivity index (χ4n) is 2.66. The first-order valence-corrected chi connectivity index (χ1v) is 9.51. The van der Waals surface area contributed by atoms with Crippen molar-refractivity contribution in [2.75, 3.05) is 5.75 Å². The Morgan fingerprint density at radius 1 is 1.29 bits per heavy atom. The third-order valence-corrected chi connectivity index (χ3v) is 4.86. The lowest BCUT2D eigenvalue weighted by atomic mass is 10.2. The van der Waals surface area contributed by atoms with E-state index in [2.05, 4.69) is 9.97 Å². The van der Waals surface area contributed by atoms with Crippen molar-refractivity contribution in [2.24, 2.45) is 7.05 Å². The van der Waals surface area contributed by atoms with Crippen molar-refractivity contribution in [3.8, 4) is 0 Å². The Hall–Kier alpha value is -2.88. The number of ether oxygens (including phenoxy) is 1. The van der Waals surface area contributed by atoms with Gasteiger partial charge in [0, 0.05) is 7.05 Å². The monoisotopic (exact) mass is 406 g/mol. The number of fused-ring (bicyclic) bond motifs is 1. The van der Waals surface area contributed by atoms with Gasteiger partial charge in [0.2, 0.25) is 0 Å². The highest BCUT2D eigenvalue weighted by molar-refractivity contribution is 7.99. The number of carbonyl (C=O) groups excluding carboxylic acids is 1. The summed E-state index contributed by atoms with van der Waals surface area (Å²) >= 11 is 1.10. The van der Waals surface area contributed by atoms with Crippen LogP contribution < -0.4 is 11.2 Å². The van der Waals surface area contributed by atoms with Crippen LogP contribution in [0.4, 0.5) is 4.39 Å². The topological polar surface area (TPSA) is 99.0 Å². The van der Waals surface area contributed by atoms with Gasteiger partial charge in [0.15, 0.2) is 16.3 Å². The van der Waals surface area contributed by atoms with E-state index in [9.17, 15) is 18.8 Å². The van der Waals surface area contributed by atoms with Crippen molar-refractivity contribution >= 4 is 28.9 Å². The molecule has 0 aliphatic heterocycles. The maximum Gasteiger partial charge on any atom is 0.329 e. The minimum absolute atomic E-state index is 0.00320. The fourth-order valence-corrected chi connectivity index (χ4v) is 3.44. The van der Waals surface area contributed by atoms with Crippen LogP contribution in [0.25, 0.3) is 11.2 Å². The van der Waals surface area contributed by atoms with Crippen LogP contribution in [0, 0.1) is 5.82 Å². The van der Waals surface area contributed by atoms with Crippen LogP contribution in [-0.4, -0.2) is 36.9 Å². The smallest absolute Gasteiger partial charge is 0.329 e. The molecule has 0 amide bonds. The van der Waals surface area contributed by atoms with Crippen molar-refractivity contribution in [3.63, 3.8) is 0 Å². The second kappa shape index (κ2) is 8.01. The number of aromatic amines is 1. The van der Waals surface area contributed by atoms with Gasteiger partial charge in [0.25, 0.3) is 5.56 Å². The molecule has 0 radical (unpaired) electrons. The van der Waals surface area contributed by atoms with Gasteiger partial charge in [-0.1, -0.05) is 23.9 Å². The molecule has 8 nitrogen and oxygen atoms in total. The number of H-pyrrole nitrogens is 1. The van der Waals surface area contributed by atoms with Gasteiger partial charge in [-0.15, -0.1) is 0 Å². The van der Waals surface area contributed by atoms with Crippen LogP contribution in [0.15, 0.2) is 39.0 Å². The van der Waals surface area contributed by atoms with Crippen molar-refractivity contribution < 1.29 is 13.9 Å². The molecule has 2 heterocycles. The second-order valence-electron chi connectivity index (χ2n) is 6.42. The lowest BCUT2D eigenvalue weighted by Gasteiger charge is -2.10. The molecule has 28 heavy (non-hydrogen) atoms. The zero-order valence-corrected chi connectivity index (χ0v) is 16.4. The lowest BCUT2D eigenvalue weighted by molar-refractivity contribution is -0.144. The predicted octanol–water partition coefficient (Wildman–Crippen LogP) is 1.65. The Bertz CT molecular complexity index is 1130. The molecule has 10 heteroatoms. The summed E-state index contributed by atoms with van der Waals surface area (Å²) in [7, 11) is 1.50. The van der Waals surface area contributed by atoms with Gasteiger partial charge in [0.05, 0.1) is 18.4 Å². The molecule has 3 rings (SSSR count). The molecule has 0 spiro atoms. The maximum absolute atomic E-state index is 13.2. The summed E-state index contributed by atoms with van der Waals surface area (Å²) in [6, 6.07) is 5.83. The van der Waals surface area contributed by atoms with Gasteiger partial charge in [0.1, 0.15) is 5.82 Å². The van der Waals surface area contributed by atoms with Gasteiger partial charge in [-0.05, 0) is 31.5 Å². The normalized spacial score (nSPS) is 11.3. The summed E-state index contributed by atoms with van der Waals surface area (Å²) in [6.07, 6.45) is -0.241. The first-order chi connectivity index (χ1) is 13.3. The van der Waals surface area contributed by atoms with Gasteiger partial charge >= 0.3 is 11.7 Å². The van der Waals surface area contributed by atoms with E-state index in [1.165, 1.54) is 23.7 Å². The zero-order chi connectivity index (χ0) is 20.4. The summed E-state index contributed by atoms with van der Waals surface area (Å²) in [4.78, 5) is 42.8. The minimum Gasteiger partial charge on any atom is -0.462 e. The summed E-state index contributed by atoms with van der Waals surface area (Å²) in [5.74, 6) is -0.787. The molecule has 0 aliphatic carbocycles. The molecule has 2 aromatic heterocycles. The molecule has 0 fully saturated rings. The number of benzene rings is 1. The Balaban J connectivity index is 2.05. The van der Waals surface area contributed by atoms with Crippen LogP contribution in [0.3, 0.4) is 0 Å². The average Bonchev–Trinajstić information content (AvgIpc) is 2.98. The summed E-state index contributed by atoms with van der Waals surface area (Å²) in [5.41, 5.74) is -0.0219. The lowest BCUT2D eigenvalue weighted by Crippen LogP contribution is -2.29. The number of nitrogens with one attached hydrogen (secondary N) is 1. The number of nitrogens with zero attached hydrogens (tertiary/aromatic N) is 3. The van der Waals surface area contributed by atoms with Crippen molar-refractivity contribution in [1.82, 2.24) is 19.1 Å². The van der Waals surface area contributed by atoms with E-state index in [1.54, 1.807) is 30.5 Å². The Morgan fingerprint density at radius 3 is 2.61 bits per heavy atom. The van der Waals surface area contributed by atoms with Gasteiger partial charge in [-0.25, -0.2) is 14.2 Å². The number of aryl methyl sites for hydroxylation is 1. The fraction of sp³-hybridized carbons (Fsp3) is 0.333. The van der Waals surface area contributed by atoms with Crippen molar-refractivity contribution in [2.45, 2.75) is 31.7 Å². The summed E-state index contributed by atoms with van der Waals surface area (Å²) < 4.78 is 21.2. The number of aromatic nitrogens is 4. The van der Waals surface area contributed by atoms with E-state index < -0.39 is 17.2 Å². The highest BCUT2D eigenvalue weighted by Gasteiger charge is 2.19. The minimum atomic E-state index is -0.584. The highest BCUT2D eigenvalue weighted by atomic mass is 32.2. The second-order valence-corrected chi connectivity index (χ2v) is 7.37. The van der Waals surface area contributed by atoms with E-state index in [0.717, 1.165) is 17.3 Å². The van der Waals surface area contributed by atoms with Gasteiger partial charge in [-0.3, -0.25) is 19.1 Å². The van der Waals surface area contributed by atoms with Crippen molar-refractivity contribution in [3.05, 3.63) is 56.5 Å². The molecule has 0 saturated heterocycles. The SMILES string of the molecule is CC(C)OC(=O)CSc1nc2c(c(=O)[nH]c(=O)n2C)n1Cc1ccc(F)cc1. The van der Waals surface area contributed by atoms with Gasteiger partial charge in [-0.2, -0.15) is 0 Å². The molecule has 0 unspecified atom stereocenters. The Kier molecular flexibility index (Phi) is 5.68. The maximum atomic E-state index is 13.2. The third-order valence-electron chi connectivity index (χ3n) is 3.91. The number of halogens is 1. The predicted molar refractivity (Wildman–Crippen MR) is 103 cm³/mol. The van der Waals surface area contributed by atoms with Crippen LogP contribution in [-0.2, 0) is 23.1 Å². The van der Waals surface area contributed by atoms with Gasteiger partial charge < -0.3 is 9.30 Å². The highest BCUT2D eigenvalue weighted by Crippen LogP contribution is 2.23. The molecule has 0 atom stereocenters. The number of hydrogen-bond acceptors (Lipinski definition) is 6. The average molecular weight is 406 g/mol. The number of esters is 1. The molecule has 0 aliphatic rings. The Morgan fingerprint density at radius 2 is 1.96 bits per heavy atom. The molecular formula is C18H19FN4O4S. The van der Waals surface area contributed by atoms with E-state index in [4.69, 9.17) is 4.74 Å². The van der Waals surface area contributed by atoms with Crippen LogP contribution in [0.2, 0.25) is 0 Å². The van der Waals surface area contributed by atoms with E-state index in [0.29, 0.717) is 5.16 Å². The Labute approximate surface area is 163 Å². The third kappa shape index (κ3) is 4.16. The molecule has 0 saturated carbocycles. The molecule has 1 N–H and O–H groups in total. The zero-order valence-electron chi connectivity index (χ0n) is 15.6. The molecule has 3 aromatic rings. The van der Waals surface area contributed by atoms with Crippen molar-refractivity contribution in [1.29, 1.82) is 0 Å². The summed E-state index contributed by atoms with van der Waals surface area (Å²) in [6.45, 7) is 3.73. The first-order valence-electron chi connectivity index (χ1n) is 8.52. The standard InChI is InChI=1S/C18H19FN4O4S/c1-10(2)27-13(24)9-28-18-20-15-14(16(25)21-17(26)22(15)3)23(18)8-11-4-6-12(19)7-5-11/h4-7,10H,8-9H2,1-3H3,(H,21,25,26). The van der Waals surface area contributed by atoms with Crippen LogP contribution in [0.1, 0.15) is 19.4 Å². The molecule has 0 bridgehead atoms. The molecule has 1 aromatic carbocycles. The molecule has 148 valence electrons. The summed E-state index contributed by atoms with van der Waals surface area (Å²) in [5, 5.41) is 0.381. The number of thioether (sulfide) groups is 1. The van der Waals surface area contributed by atoms with Crippen LogP contribution in [0.5, 0.6) is 0 Å². The van der Waals surface area contributed by atoms with E-state index in [1.807, 2.05) is 0 Å². The number of rotatable bonds is 6.